The Morgan fingerprint density at radius 1 is 1.22 bits per heavy atom. The highest BCUT2D eigenvalue weighted by Crippen LogP contribution is 2.36. The minimum absolute atomic E-state index is 0.0308. The number of carbonyl (C=O) groups excluding carboxylic acids is 2. The number of amides is 2. The van der Waals surface area contributed by atoms with Crippen molar-refractivity contribution >= 4 is 46.9 Å². The maximum Gasteiger partial charge on any atom is 0.255 e. The molecule has 4 rings (SSSR count). The normalized spacial score (nSPS) is 19.4. The van der Waals surface area contributed by atoms with E-state index in [9.17, 15) is 9.59 Å². The predicted octanol–water partition coefficient (Wildman–Crippen LogP) is 4.47. The zero-order valence-corrected chi connectivity index (χ0v) is 16.7. The van der Waals surface area contributed by atoms with Crippen LogP contribution in [0.4, 0.5) is 11.4 Å². The molecule has 0 bridgehead atoms. The lowest BCUT2D eigenvalue weighted by molar-refractivity contribution is -0.115. The number of hydrogen-bond donors (Lipinski definition) is 2. The summed E-state index contributed by atoms with van der Waals surface area (Å²) >= 11 is 3.25. The second-order valence-electron chi connectivity index (χ2n) is 6.67. The van der Waals surface area contributed by atoms with E-state index in [2.05, 4.69) is 21.0 Å². The van der Waals surface area contributed by atoms with Gasteiger partial charge in [-0.1, -0.05) is 6.07 Å². The molecule has 0 radical (unpaired) electrons. The number of fused-ring (bicyclic) bond motifs is 1. The first-order chi connectivity index (χ1) is 13.1. The molecule has 0 spiro atoms. The summed E-state index contributed by atoms with van der Waals surface area (Å²) in [7, 11) is 0. The molecule has 2 aliphatic heterocycles. The van der Waals surface area contributed by atoms with Crippen LogP contribution in [0.3, 0.4) is 0 Å². The van der Waals surface area contributed by atoms with E-state index in [0.29, 0.717) is 11.3 Å². The second-order valence-corrected chi connectivity index (χ2v) is 9.22. The highest BCUT2D eigenvalue weighted by molar-refractivity contribution is 8.01. The molecule has 27 heavy (non-hydrogen) atoms. The highest BCUT2D eigenvalue weighted by atomic mass is 32.2. The van der Waals surface area contributed by atoms with Gasteiger partial charge in [0.05, 0.1) is 10.9 Å². The fourth-order valence-corrected chi connectivity index (χ4v) is 5.10. The number of nitrogens with zero attached hydrogens (tertiary/aromatic N) is 1. The van der Waals surface area contributed by atoms with Crippen molar-refractivity contribution < 1.29 is 9.59 Å². The largest absolute Gasteiger partial charge is 0.324 e. The number of rotatable bonds is 4. The molecule has 0 unspecified atom stereocenters. The summed E-state index contributed by atoms with van der Waals surface area (Å²) in [5.74, 6) is -0.212. The molecule has 0 aromatic heterocycles. The smallest absolute Gasteiger partial charge is 0.255 e. The average Bonchev–Trinajstić information content (AvgIpc) is 3.15. The Bertz CT molecular complexity index is 881. The van der Waals surface area contributed by atoms with Gasteiger partial charge in [-0.05, 0) is 68.1 Å². The van der Waals surface area contributed by atoms with Gasteiger partial charge in [0.25, 0.3) is 5.91 Å². The van der Waals surface area contributed by atoms with Gasteiger partial charge in [0.15, 0.2) is 0 Å². The van der Waals surface area contributed by atoms with Crippen LogP contribution >= 0.6 is 23.7 Å². The van der Waals surface area contributed by atoms with Crippen molar-refractivity contribution in [2.24, 2.45) is 0 Å². The average molecular weight is 400 g/mol. The summed E-state index contributed by atoms with van der Waals surface area (Å²) in [6, 6.07) is 13.3. The number of nitrogens with one attached hydrogen (secondary N) is 2. The number of hydrogen-bond acceptors (Lipinski definition) is 5. The first-order valence-electron chi connectivity index (χ1n) is 9.04. The summed E-state index contributed by atoms with van der Waals surface area (Å²) in [6.45, 7) is 4.09. The second kappa shape index (κ2) is 7.96. The van der Waals surface area contributed by atoms with E-state index < -0.39 is 0 Å². The van der Waals surface area contributed by atoms with Gasteiger partial charge in [-0.2, -0.15) is 0 Å². The minimum atomic E-state index is -0.181. The van der Waals surface area contributed by atoms with Crippen molar-refractivity contribution in [3.63, 3.8) is 0 Å². The molecule has 140 valence electrons. The lowest BCUT2D eigenvalue weighted by Crippen LogP contribution is -2.26. The summed E-state index contributed by atoms with van der Waals surface area (Å²) in [5, 5.41) is 5.71. The van der Waals surface area contributed by atoms with Gasteiger partial charge < -0.3 is 10.6 Å². The van der Waals surface area contributed by atoms with E-state index in [1.165, 1.54) is 24.6 Å². The van der Waals surface area contributed by atoms with E-state index in [1.54, 1.807) is 24.1 Å². The van der Waals surface area contributed by atoms with Gasteiger partial charge in [-0.25, -0.2) is 4.31 Å². The molecule has 2 heterocycles. The molecule has 2 aliphatic rings. The van der Waals surface area contributed by atoms with E-state index >= 15 is 0 Å². The first-order valence-corrected chi connectivity index (χ1v) is 10.7. The van der Waals surface area contributed by atoms with Crippen LogP contribution in [0.15, 0.2) is 52.3 Å². The van der Waals surface area contributed by atoms with Crippen LogP contribution in [0, 0.1) is 0 Å². The summed E-state index contributed by atoms with van der Waals surface area (Å²) in [4.78, 5) is 26.6. The molecular formula is C20H21N3O2S2. The van der Waals surface area contributed by atoms with E-state index in [-0.39, 0.29) is 17.1 Å². The van der Waals surface area contributed by atoms with Crippen molar-refractivity contribution in [2.75, 3.05) is 23.7 Å². The van der Waals surface area contributed by atoms with Crippen LogP contribution in [0.5, 0.6) is 0 Å². The lowest BCUT2D eigenvalue weighted by atomic mass is 10.1. The van der Waals surface area contributed by atoms with Gasteiger partial charge in [-0.3, -0.25) is 9.59 Å². The Morgan fingerprint density at radius 2 is 2.04 bits per heavy atom. The predicted molar refractivity (Wildman–Crippen MR) is 111 cm³/mol. The number of thioether (sulfide) groups is 1. The third-order valence-corrected chi connectivity index (χ3v) is 6.83. The van der Waals surface area contributed by atoms with Gasteiger partial charge in [-0.15, -0.1) is 11.8 Å². The van der Waals surface area contributed by atoms with Gasteiger partial charge in [0.1, 0.15) is 0 Å². The molecule has 0 saturated carbocycles. The van der Waals surface area contributed by atoms with Gasteiger partial charge in [0, 0.05) is 34.1 Å². The molecule has 2 amide bonds. The molecule has 1 saturated heterocycles. The van der Waals surface area contributed by atoms with E-state index in [4.69, 9.17) is 0 Å². The molecule has 2 N–H and O–H groups in total. The molecule has 7 heteroatoms. The molecule has 0 aliphatic carbocycles. The van der Waals surface area contributed by atoms with E-state index in [0.717, 1.165) is 28.6 Å². The van der Waals surface area contributed by atoms with Crippen molar-refractivity contribution in [3.8, 4) is 0 Å². The topological polar surface area (TPSA) is 61.4 Å². The molecule has 2 aromatic rings. The first kappa shape index (κ1) is 18.4. The Balaban J connectivity index is 1.46. The van der Waals surface area contributed by atoms with Crippen LogP contribution in [-0.2, 0) is 4.79 Å². The Labute approximate surface area is 167 Å². The fourth-order valence-electron chi connectivity index (χ4n) is 3.11. The Kier molecular flexibility index (Phi) is 5.43. The van der Waals surface area contributed by atoms with Crippen LogP contribution in [-0.4, -0.2) is 34.5 Å². The summed E-state index contributed by atoms with van der Waals surface area (Å²) < 4.78 is 2.35. The number of anilines is 2. The molecule has 5 nitrogen and oxygen atoms in total. The standard InChI is InChI=1S/C20H21N3O2S2/c1-13-19(24)22-17-11-14(7-8-18(17)26-13)20(25)21-15-5-4-6-16(12-15)27-23-9-2-3-10-23/h4-8,11-13H,2-3,9-10H2,1H3,(H,21,25)(H,22,24)/t13-/m1/s1. The van der Waals surface area contributed by atoms with Crippen LogP contribution in [0.1, 0.15) is 30.1 Å². The highest BCUT2D eigenvalue weighted by Gasteiger charge is 2.23. The zero-order chi connectivity index (χ0) is 18.8. The maximum atomic E-state index is 12.7. The number of carbonyl (C=O) groups is 2. The lowest BCUT2D eigenvalue weighted by Gasteiger charge is -2.21. The maximum absolute atomic E-state index is 12.7. The van der Waals surface area contributed by atoms with Crippen LogP contribution in [0.25, 0.3) is 0 Å². The fraction of sp³-hybridized carbons (Fsp3) is 0.300. The van der Waals surface area contributed by atoms with Crippen molar-refractivity contribution in [3.05, 3.63) is 48.0 Å². The molecular weight excluding hydrogens is 378 g/mol. The van der Waals surface area contributed by atoms with Crippen molar-refractivity contribution in [1.82, 2.24) is 4.31 Å². The summed E-state index contributed by atoms with van der Waals surface area (Å²) in [6.07, 6.45) is 2.49. The third-order valence-electron chi connectivity index (χ3n) is 4.56. The molecule has 2 aromatic carbocycles. The third kappa shape index (κ3) is 4.31. The van der Waals surface area contributed by atoms with Gasteiger partial charge >= 0.3 is 0 Å². The Hall–Kier alpha value is -1.96. The van der Waals surface area contributed by atoms with E-state index in [1.807, 2.05) is 31.2 Å². The van der Waals surface area contributed by atoms with Crippen LogP contribution in [0.2, 0.25) is 0 Å². The Morgan fingerprint density at radius 3 is 2.85 bits per heavy atom. The van der Waals surface area contributed by atoms with Crippen molar-refractivity contribution in [2.45, 2.75) is 34.8 Å². The minimum Gasteiger partial charge on any atom is -0.324 e. The molecule has 1 atom stereocenters. The molecule has 1 fully saturated rings. The number of benzene rings is 2. The quantitative estimate of drug-likeness (QED) is 0.743. The zero-order valence-electron chi connectivity index (χ0n) is 15.0. The SMILES string of the molecule is C[C@H]1Sc2ccc(C(=O)Nc3cccc(SN4CCCC4)c3)cc2NC1=O. The van der Waals surface area contributed by atoms with Crippen molar-refractivity contribution in [1.29, 1.82) is 0 Å². The van der Waals surface area contributed by atoms with Gasteiger partial charge in [0.2, 0.25) is 5.91 Å². The monoisotopic (exact) mass is 399 g/mol. The van der Waals surface area contributed by atoms with Crippen LogP contribution < -0.4 is 10.6 Å². The summed E-state index contributed by atoms with van der Waals surface area (Å²) in [5.41, 5.74) is 2.00.